The molecule has 0 saturated carbocycles. The lowest BCUT2D eigenvalue weighted by Crippen LogP contribution is -2.12. The molecule has 0 spiro atoms. The van der Waals surface area contributed by atoms with Crippen molar-refractivity contribution in [1.82, 2.24) is 4.98 Å². The summed E-state index contributed by atoms with van der Waals surface area (Å²) in [6.45, 7) is 3.10. The molecule has 2 nitrogen and oxygen atoms in total. The second-order valence-corrected chi connectivity index (χ2v) is 4.09. The van der Waals surface area contributed by atoms with Gasteiger partial charge in [0.25, 0.3) is 0 Å². The Hall–Kier alpha value is -1.78. The van der Waals surface area contributed by atoms with E-state index in [0.29, 0.717) is 16.5 Å². The van der Waals surface area contributed by atoms with E-state index in [1.807, 2.05) is 0 Å². The van der Waals surface area contributed by atoms with E-state index in [1.54, 1.807) is 25.1 Å². The Balaban J connectivity index is 2.92. The number of pyridine rings is 1. The van der Waals surface area contributed by atoms with E-state index in [4.69, 9.17) is 4.74 Å². The zero-order valence-corrected chi connectivity index (χ0v) is 10.2. The highest BCUT2D eigenvalue weighted by atomic mass is 19.4. The molecule has 0 fully saturated rings. The van der Waals surface area contributed by atoms with Crippen LogP contribution in [-0.2, 0) is 6.18 Å². The van der Waals surface area contributed by atoms with Crippen molar-refractivity contribution in [2.75, 3.05) is 7.11 Å². The van der Waals surface area contributed by atoms with E-state index < -0.39 is 11.9 Å². The number of benzene rings is 1. The fourth-order valence-electron chi connectivity index (χ4n) is 2.03. The maximum Gasteiger partial charge on any atom is 0.433 e. The zero-order valence-electron chi connectivity index (χ0n) is 10.2. The number of fused-ring (bicyclic) bond motifs is 1. The number of hydrogen-bond donors (Lipinski definition) is 0. The van der Waals surface area contributed by atoms with Crippen LogP contribution in [0.1, 0.15) is 16.8 Å². The number of hydrogen-bond acceptors (Lipinski definition) is 2. The van der Waals surface area contributed by atoms with E-state index in [9.17, 15) is 13.2 Å². The first-order chi connectivity index (χ1) is 8.36. The van der Waals surface area contributed by atoms with Crippen LogP contribution in [0, 0.1) is 13.8 Å². The molecule has 96 valence electrons. The molecule has 0 bridgehead atoms. The number of ether oxygens (including phenoxy) is 1. The van der Waals surface area contributed by atoms with Crippen molar-refractivity contribution in [3.05, 3.63) is 35.0 Å². The largest absolute Gasteiger partial charge is 0.496 e. The Bertz CT molecular complexity index is 605. The van der Waals surface area contributed by atoms with Crippen molar-refractivity contribution < 1.29 is 17.9 Å². The summed E-state index contributed by atoms with van der Waals surface area (Å²) >= 11 is 0. The summed E-state index contributed by atoms with van der Waals surface area (Å²) in [6, 6.07) is 5.21. The van der Waals surface area contributed by atoms with Crippen molar-refractivity contribution >= 4 is 10.9 Å². The summed E-state index contributed by atoms with van der Waals surface area (Å²) in [5.74, 6) is 0.232. The van der Waals surface area contributed by atoms with Crippen molar-refractivity contribution in [3.63, 3.8) is 0 Å². The number of aromatic nitrogens is 1. The molecule has 2 aromatic rings. The molecule has 1 heterocycles. The van der Waals surface area contributed by atoms with E-state index in [1.165, 1.54) is 14.0 Å². The first-order valence-corrected chi connectivity index (χ1v) is 5.37. The van der Waals surface area contributed by atoms with Gasteiger partial charge in [-0.3, -0.25) is 0 Å². The number of nitrogens with zero attached hydrogens (tertiary/aromatic N) is 1. The standard InChI is InChI=1S/C13H12F3NO/c1-7-5-4-6-9-10(7)17-12(13(14,15)16)8(2)11(9)18-3/h4-6H,1-3H3. The highest BCUT2D eigenvalue weighted by Gasteiger charge is 2.36. The van der Waals surface area contributed by atoms with Crippen LogP contribution in [0.15, 0.2) is 18.2 Å². The Morgan fingerprint density at radius 1 is 1.17 bits per heavy atom. The molecule has 18 heavy (non-hydrogen) atoms. The zero-order chi connectivity index (χ0) is 13.5. The van der Waals surface area contributed by atoms with Crippen LogP contribution in [0.4, 0.5) is 13.2 Å². The molecule has 1 aromatic carbocycles. The molecular weight excluding hydrogens is 243 g/mol. The Kier molecular flexibility index (Phi) is 2.92. The molecular formula is C13H12F3NO. The molecule has 1 aromatic heterocycles. The molecule has 0 unspecified atom stereocenters. The lowest BCUT2D eigenvalue weighted by molar-refractivity contribution is -0.141. The van der Waals surface area contributed by atoms with Gasteiger partial charge in [0.15, 0.2) is 5.69 Å². The van der Waals surface area contributed by atoms with Gasteiger partial charge in [-0.15, -0.1) is 0 Å². The Morgan fingerprint density at radius 2 is 1.83 bits per heavy atom. The van der Waals surface area contributed by atoms with Gasteiger partial charge in [-0.1, -0.05) is 12.1 Å². The van der Waals surface area contributed by atoms with Gasteiger partial charge in [-0.2, -0.15) is 13.2 Å². The molecule has 0 aliphatic carbocycles. The van der Waals surface area contributed by atoms with Crippen molar-refractivity contribution in [2.45, 2.75) is 20.0 Å². The third kappa shape index (κ3) is 1.89. The second-order valence-electron chi connectivity index (χ2n) is 4.09. The molecule has 2 rings (SSSR count). The number of alkyl halides is 3. The summed E-state index contributed by atoms with van der Waals surface area (Å²) in [7, 11) is 1.37. The van der Waals surface area contributed by atoms with Crippen LogP contribution in [-0.4, -0.2) is 12.1 Å². The van der Waals surface area contributed by atoms with Crippen LogP contribution >= 0.6 is 0 Å². The molecule has 0 aliphatic rings. The van der Waals surface area contributed by atoms with Crippen LogP contribution in [0.5, 0.6) is 5.75 Å². The number of halogens is 3. The minimum Gasteiger partial charge on any atom is -0.496 e. The monoisotopic (exact) mass is 255 g/mol. The smallest absolute Gasteiger partial charge is 0.433 e. The molecule has 0 radical (unpaired) electrons. The predicted octanol–water partition coefficient (Wildman–Crippen LogP) is 3.88. The average Bonchev–Trinajstić information content (AvgIpc) is 2.27. The topological polar surface area (TPSA) is 22.1 Å². The van der Waals surface area contributed by atoms with Crippen LogP contribution in [0.25, 0.3) is 10.9 Å². The molecule has 0 saturated heterocycles. The van der Waals surface area contributed by atoms with E-state index >= 15 is 0 Å². The van der Waals surface area contributed by atoms with Gasteiger partial charge in [-0.05, 0) is 25.5 Å². The van der Waals surface area contributed by atoms with Gasteiger partial charge in [0.1, 0.15) is 5.75 Å². The molecule has 0 amide bonds. The lowest BCUT2D eigenvalue weighted by atomic mass is 10.1. The molecule has 0 N–H and O–H groups in total. The lowest BCUT2D eigenvalue weighted by Gasteiger charge is -2.15. The molecule has 0 atom stereocenters. The normalized spacial score (nSPS) is 11.9. The minimum atomic E-state index is -4.48. The van der Waals surface area contributed by atoms with Crippen molar-refractivity contribution in [2.24, 2.45) is 0 Å². The van der Waals surface area contributed by atoms with Gasteiger partial charge < -0.3 is 4.74 Å². The fraction of sp³-hybridized carbons (Fsp3) is 0.308. The van der Waals surface area contributed by atoms with E-state index in [-0.39, 0.29) is 11.3 Å². The number of para-hydroxylation sites is 1. The third-order valence-corrected chi connectivity index (χ3v) is 2.87. The maximum absolute atomic E-state index is 12.9. The van der Waals surface area contributed by atoms with Gasteiger partial charge in [0.2, 0.25) is 0 Å². The van der Waals surface area contributed by atoms with Crippen molar-refractivity contribution in [3.8, 4) is 5.75 Å². The first-order valence-electron chi connectivity index (χ1n) is 5.37. The highest BCUT2D eigenvalue weighted by Crippen LogP contribution is 2.38. The highest BCUT2D eigenvalue weighted by molar-refractivity contribution is 5.89. The summed E-state index contributed by atoms with van der Waals surface area (Å²) in [6.07, 6.45) is -4.48. The minimum absolute atomic E-state index is 0.0168. The van der Waals surface area contributed by atoms with Gasteiger partial charge in [0.05, 0.1) is 12.6 Å². The number of rotatable bonds is 1. The van der Waals surface area contributed by atoms with Crippen LogP contribution in [0.2, 0.25) is 0 Å². The van der Waals surface area contributed by atoms with E-state index in [0.717, 1.165) is 0 Å². The fourth-order valence-corrected chi connectivity index (χ4v) is 2.03. The summed E-state index contributed by atoms with van der Waals surface area (Å²) in [5.41, 5.74) is 0.146. The Morgan fingerprint density at radius 3 is 2.39 bits per heavy atom. The number of methoxy groups -OCH3 is 1. The number of aryl methyl sites for hydroxylation is 1. The quantitative estimate of drug-likeness (QED) is 0.771. The van der Waals surface area contributed by atoms with E-state index in [2.05, 4.69) is 4.98 Å². The second kappa shape index (κ2) is 4.15. The van der Waals surface area contributed by atoms with Crippen molar-refractivity contribution in [1.29, 1.82) is 0 Å². The van der Waals surface area contributed by atoms with Gasteiger partial charge in [0, 0.05) is 10.9 Å². The third-order valence-electron chi connectivity index (χ3n) is 2.87. The summed E-state index contributed by atoms with van der Waals surface area (Å²) in [5, 5.41) is 0.600. The summed E-state index contributed by atoms with van der Waals surface area (Å²) in [4.78, 5) is 3.75. The Labute approximate surface area is 102 Å². The van der Waals surface area contributed by atoms with Gasteiger partial charge in [-0.25, -0.2) is 4.98 Å². The van der Waals surface area contributed by atoms with Crippen LogP contribution in [0.3, 0.4) is 0 Å². The SMILES string of the molecule is COc1c(C)c(C(F)(F)F)nc2c(C)cccc12. The predicted molar refractivity (Wildman–Crippen MR) is 62.8 cm³/mol. The first kappa shape index (κ1) is 12.7. The molecule has 0 aliphatic heterocycles. The van der Waals surface area contributed by atoms with Crippen LogP contribution < -0.4 is 4.74 Å². The molecule has 5 heteroatoms. The van der Waals surface area contributed by atoms with Gasteiger partial charge >= 0.3 is 6.18 Å². The maximum atomic E-state index is 12.9. The average molecular weight is 255 g/mol. The summed E-state index contributed by atoms with van der Waals surface area (Å²) < 4.78 is 43.8.